The molecule has 1 N–H and O–H groups in total. The van der Waals surface area contributed by atoms with Crippen molar-refractivity contribution in [1.82, 2.24) is 10.4 Å². The largest absolute Gasteiger partial charge is 0.496 e. The molecule has 5 heteroatoms. The summed E-state index contributed by atoms with van der Waals surface area (Å²) in [6.45, 7) is 14.3. The molecule has 2 rings (SSSR count). The standard InChI is InChI=1S/C27H38N2O3/c1-9-12-24(27(5,6)7)28-29(25(30)20-16-18(3)15-19(4)17-20)26(31)22-13-11-14-23(32-8)21(22)10-2/h11,13-17,24,28H,9-10,12H2,1-8H3/t24-/m1/s1. The van der Waals surface area contributed by atoms with Gasteiger partial charge in [-0.25, -0.2) is 10.4 Å². The van der Waals surface area contributed by atoms with Crippen LogP contribution in [-0.2, 0) is 6.42 Å². The lowest BCUT2D eigenvalue weighted by molar-refractivity contribution is 0.0424. The summed E-state index contributed by atoms with van der Waals surface area (Å²) in [7, 11) is 1.59. The number of methoxy groups -OCH3 is 1. The average Bonchev–Trinajstić information content (AvgIpc) is 2.73. The number of ether oxygens (including phenoxy) is 1. The molecule has 0 fully saturated rings. The minimum Gasteiger partial charge on any atom is -0.496 e. The van der Waals surface area contributed by atoms with Crippen molar-refractivity contribution in [3.63, 3.8) is 0 Å². The first-order valence-electron chi connectivity index (χ1n) is 11.4. The van der Waals surface area contributed by atoms with Gasteiger partial charge < -0.3 is 4.74 Å². The third-order valence-electron chi connectivity index (χ3n) is 5.72. The van der Waals surface area contributed by atoms with Crippen molar-refractivity contribution in [3.8, 4) is 5.75 Å². The Balaban J connectivity index is 2.60. The van der Waals surface area contributed by atoms with Crippen LogP contribution in [-0.4, -0.2) is 30.0 Å². The minimum absolute atomic E-state index is 0.0537. The normalized spacial score (nSPS) is 12.4. The molecule has 0 saturated heterocycles. The van der Waals surface area contributed by atoms with Gasteiger partial charge in [-0.1, -0.05) is 64.3 Å². The van der Waals surface area contributed by atoms with E-state index in [0.717, 1.165) is 29.5 Å². The van der Waals surface area contributed by atoms with Crippen LogP contribution < -0.4 is 10.2 Å². The van der Waals surface area contributed by atoms with Gasteiger partial charge in [-0.05, 0) is 56.4 Å². The number of hydrogen-bond acceptors (Lipinski definition) is 4. The van der Waals surface area contributed by atoms with Crippen LogP contribution in [0, 0.1) is 19.3 Å². The van der Waals surface area contributed by atoms with Crippen LogP contribution >= 0.6 is 0 Å². The maximum absolute atomic E-state index is 13.8. The maximum atomic E-state index is 13.8. The smallest absolute Gasteiger partial charge is 0.275 e. The van der Waals surface area contributed by atoms with Gasteiger partial charge in [-0.3, -0.25) is 9.59 Å². The molecular formula is C27H38N2O3. The summed E-state index contributed by atoms with van der Waals surface area (Å²) in [6.07, 6.45) is 2.40. The molecule has 0 saturated carbocycles. The highest BCUT2D eigenvalue weighted by Gasteiger charge is 2.33. The summed E-state index contributed by atoms with van der Waals surface area (Å²) < 4.78 is 5.48. The highest BCUT2D eigenvalue weighted by molar-refractivity contribution is 6.10. The van der Waals surface area contributed by atoms with Gasteiger partial charge in [-0.2, -0.15) is 0 Å². The highest BCUT2D eigenvalue weighted by Crippen LogP contribution is 2.27. The Hall–Kier alpha value is -2.66. The summed E-state index contributed by atoms with van der Waals surface area (Å²) in [5.74, 6) is -0.0645. The first-order chi connectivity index (χ1) is 15.0. The Kier molecular flexibility index (Phi) is 8.62. The number of hydrazine groups is 1. The van der Waals surface area contributed by atoms with Gasteiger partial charge in [0.05, 0.1) is 7.11 Å². The lowest BCUT2D eigenvalue weighted by Crippen LogP contribution is -2.55. The fraction of sp³-hybridized carbons (Fsp3) is 0.481. The Morgan fingerprint density at radius 3 is 2.16 bits per heavy atom. The molecular weight excluding hydrogens is 400 g/mol. The lowest BCUT2D eigenvalue weighted by Gasteiger charge is -2.36. The molecule has 0 aliphatic carbocycles. The fourth-order valence-corrected chi connectivity index (χ4v) is 4.01. The van der Waals surface area contributed by atoms with Crippen LogP contribution in [0.5, 0.6) is 5.75 Å². The first-order valence-corrected chi connectivity index (χ1v) is 11.4. The van der Waals surface area contributed by atoms with Crippen molar-refractivity contribution in [1.29, 1.82) is 0 Å². The molecule has 174 valence electrons. The fourth-order valence-electron chi connectivity index (χ4n) is 4.01. The molecule has 0 bridgehead atoms. The Morgan fingerprint density at radius 2 is 1.66 bits per heavy atom. The Bertz CT molecular complexity index is 940. The molecule has 0 unspecified atom stereocenters. The monoisotopic (exact) mass is 438 g/mol. The molecule has 1 atom stereocenters. The molecule has 5 nitrogen and oxygen atoms in total. The molecule has 2 aromatic rings. The number of carbonyl (C=O) groups is 2. The number of hydrogen-bond donors (Lipinski definition) is 1. The van der Waals surface area contributed by atoms with E-state index < -0.39 is 0 Å². The molecule has 2 aromatic carbocycles. The Morgan fingerprint density at radius 1 is 1.03 bits per heavy atom. The molecule has 0 aliphatic rings. The van der Waals surface area contributed by atoms with E-state index in [0.29, 0.717) is 23.3 Å². The average molecular weight is 439 g/mol. The molecule has 0 aliphatic heterocycles. The van der Waals surface area contributed by atoms with Crippen LogP contribution in [0.2, 0.25) is 0 Å². The van der Waals surface area contributed by atoms with Crippen LogP contribution in [0.25, 0.3) is 0 Å². The van der Waals surface area contributed by atoms with Gasteiger partial charge >= 0.3 is 0 Å². The van der Waals surface area contributed by atoms with Crippen LogP contribution in [0.4, 0.5) is 0 Å². The van der Waals surface area contributed by atoms with Crippen molar-refractivity contribution >= 4 is 11.8 Å². The summed E-state index contributed by atoms with van der Waals surface area (Å²) >= 11 is 0. The van der Waals surface area contributed by atoms with Crippen LogP contribution in [0.3, 0.4) is 0 Å². The van der Waals surface area contributed by atoms with Gasteiger partial charge in [-0.15, -0.1) is 0 Å². The van der Waals surface area contributed by atoms with Gasteiger partial charge in [0.1, 0.15) is 5.75 Å². The van der Waals surface area contributed by atoms with E-state index in [-0.39, 0.29) is 23.3 Å². The third kappa shape index (κ3) is 5.98. The van der Waals surface area contributed by atoms with Crippen LogP contribution in [0.1, 0.15) is 84.9 Å². The zero-order chi connectivity index (χ0) is 24.1. The van der Waals surface area contributed by atoms with Crippen molar-refractivity contribution in [2.75, 3.05) is 7.11 Å². The van der Waals surface area contributed by atoms with E-state index >= 15 is 0 Å². The number of amides is 2. The predicted octanol–water partition coefficient (Wildman–Crippen LogP) is 5.88. The minimum atomic E-state index is -0.365. The van der Waals surface area contributed by atoms with Crippen molar-refractivity contribution in [2.45, 2.75) is 73.8 Å². The third-order valence-corrected chi connectivity index (χ3v) is 5.72. The van der Waals surface area contributed by atoms with E-state index in [4.69, 9.17) is 4.74 Å². The van der Waals surface area contributed by atoms with E-state index in [1.54, 1.807) is 19.2 Å². The molecule has 0 aromatic heterocycles. The number of nitrogens with one attached hydrogen (secondary N) is 1. The summed E-state index contributed by atoms with van der Waals surface area (Å²) in [5.41, 5.74) is 6.90. The molecule has 0 radical (unpaired) electrons. The quantitative estimate of drug-likeness (QED) is 0.413. The second kappa shape index (κ2) is 10.8. The van der Waals surface area contributed by atoms with Gasteiger partial charge in [0.2, 0.25) is 0 Å². The van der Waals surface area contributed by atoms with Gasteiger partial charge in [0, 0.05) is 22.7 Å². The summed E-state index contributed by atoms with van der Waals surface area (Å²) in [6, 6.07) is 11.0. The lowest BCUT2D eigenvalue weighted by atomic mass is 9.84. The van der Waals surface area contributed by atoms with Crippen molar-refractivity contribution < 1.29 is 14.3 Å². The van der Waals surface area contributed by atoms with E-state index in [1.165, 1.54) is 5.01 Å². The zero-order valence-electron chi connectivity index (χ0n) is 20.8. The number of carbonyl (C=O) groups excluding carboxylic acids is 2. The Labute approximate surface area is 193 Å². The SMILES string of the molecule is CCC[C@@H](NN(C(=O)c1cc(C)cc(C)c1)C(=O)c1cccc(OC)c1CC)C(C)(C)C. The van der Waals surface area contributed by atoms with Gasteiger partial charge in [0.15, 0.2) is 0 Å². The van der Waals surface area contributed by atoms with Crippen molar-refractivity contribution in [2.24, 2.45) is 5.41 Å². The number of imide groups is 1. The molecule has 0 heterocycles. The zero-order valence-corrected chi connectivity index (χ0v) is 20.8. The summed E-state index contributed by atoms with van der Waals surface area (Å²) in [4.78, 5) is 27.5. The second-order valence-electron chi connectivity index (χ2n) is 9.50. The van der Waals surface area contributed by atoms with Gasteiger partial charge in [0.25, 0.3) is 11.8 Å². The van der Waals surface area contributed by atoms with Crippen molar-refractivity contribution in [3.05, 3.63) is 64.2 Å². The van der Waals surface area contributed by atoms with Crippen LogP contribution in [0.15, 0.2) is 36.4 Å². The molecule has 32 heavy (non-hydrogen) atoms. The molecule has 2 amide bonds. The number of rotatable bonds is 8. The topological polar surface area (TPSA) is 58.6 Å². The predicted molar refractivity (Wildman–Crippen MR) is 130 cm³/mol. The number of benzene rings is 2. The maximum Gasteiger partial charge on any atom is 0.275 e. The second-order valence-corrected chi connectivity index (χ2v) is 9.50. The number of nitrogens with zero attached hydrogens (tertiary/aromatic N) is 1. The van der Waals surface area contributed by atoms with E-state index in [2.05, 4.69) is 33.1 Å². The summed E-state index contributed by atoms with van der Waals surface area (Å²) in [5, 5.41) is 1.22. The van der Waals surface area contributed by atoms with E-state index in [9.17, 15) is 9.59 Å². The first kappa shape index (κ1) is 25.6. The molecule has 0 spiro atoms. The number of aryl methyl sites for hydroxylation is 2. The van der Waals surface area contributed by atoms with E-state index in [1.807, 2.05) is 45.0 Å². The highest BCUT2D eigenvalue weighted by atomic mass is 16.5.